The molecule has 0 aliphatic carbocycles. The van der Waals surface area contributed by atoms with Crippen LogP contribution in [-0.2, 0) is 16.1 Å². The van der Waals surface area contributed by atoms with Crippen molar-refractivity contribution in [1.29, 1.82) is 0 Å². The Morgan fingerprint density at radius 1 is 0.550 bits per heavy atom. The van der Waals surface area contributed by atoms with Crippen molar-refractivity contribution >= 4 is 5.78 Å². The molecule has 0 radical (unpaired) electrons. The van der Waals surface area contributed by atoms with Gasteiger partial charge in [-0.2, -0.15) is 0 Å². The Bertz CT molecular complexity index is 655. The number of ketones is 1. The summed E-state index contributed by atoms with van der Waals surface area (Å²) < 4.78 is 5.78. The van der Waals surface area contributed by atoms with E-state index in [0.717, 1.165) is 25.6 Å². The van der Waals surface area contributed by atoms with Crippen molar-refractivity contribution in [3.05, 3.63) is 35.9 Å². The standard InChI is InChI=1S/C38H68O2/c1-35(29-23-18-16-19-24-30-36(2)37(3)39)28-22-17-14-12-10-8-6-4-5-7-9-11-13-15-20-27-33-40-34-38-31-25-21-26-32-38/h21,25-26,31-32,35-36H,4-20,22-24,27-30,33-34H2,1-3H3/t35-,36-/m0/s1. The predicted octanol–water partition coefficient (Wildman–Crippen LogP) is 12.4. The van der Waals surface area contributed by atoms with Crippen LogP contribution in [0.4, 0.5) is 0 Å². The van der Waals surface area contributed by atoms with Crippen molar-refractivity contribution in [1.82, 2.24) is 0 Å². The van der Waals surface area contributed by atoms with Gasteiger partial charge in [-0.15, -0.1) is 0 Å². The number of rotatable bonds is 30. The van der Waals surface area contributed by atoms with E-state index in [1.807, 2.05) is 0 Å². The van der Waals surface area contributed by atoms with E-state index in [2.05, 4.69) is 44.2 Å². The maximum absolute atomic E-state index is 11.3. The molecule has 0 amide bonds. The van der Waals surface area contributed by atoms with Crippen LogP contribution >= 0.6 is 0 Å². The molecule has 1 aromatic rings. The number of benzene rings is 1. The average molecular weight is 557 g/mol. The second-order valence-corrected chi connectivity index (χ2v) is 12.9. The molecule has 0 saturated heterocycles. The quantitative estimate of drug-likeness (QED) is 0.0881. The third-order valence-electron chi connectivity index (χ3n) is 8.88. The molecule has 2 atom stereocenters. The molecule has 232 valence electrons. The molecule has 0 N–H and O–H groups in total. The van der Waals surface area contributed by atoms with Gasteiger partial charge in [0.05, 0.1) is 6.61 Å². The lowest BCUT2D eigenvalue weighted by molar-refractivity contribution is -0.120. The maximum atomic E-state index is 11.3. The van der Waals surface area contributed by atoms with Gasteiger partial charge in [-0.1, -0.05) is 185 Å². The van der Waals surface area contributed by atoms with E-state index in [-0.39, 0.29) is 5.92 Å². The highest BCUT2D eigenvalue weighted by Gasteiger charge is 2.06. The number of ether oxygens (including phenoxy) is 1. The van der Waals surface area contributed by atoms with Crippen molar-refractivity contribution in [3.8, 4) is 0 Å². The molecule has 1 aromatic carbocycles. The number of carbonyl (C=O) groups excluding carboxylic acids is 1. The molecule has 2 heteroatoms. The zero-order valence-electron chi connectivity index (χ0n) is 27.2. The summed E-state index contributed by atoms with van der Waals surface area (Å²) >= 11 is 0. The lowest BCUT2D eigenvalue weighted by atomic mass is 9.95. The molecule has 0 bridgehead atoms. The number of carbonyl (C=O) groups is 1. The first-order valence-corrected chi connectivity index (χ1v) is 17.7. The van der Waals surface area contributed by atoms with Crippen LogP contribution in [0.25, 0.3) is 0 Å². The van der Waals surface area contributed by atoms with Crippen molar-refractivity contribution < 1.29 is 9.53 Å². The van der Waals surface area contributed by atoms with Gasteiger partial charge in [-0.05, 0) is 31.2 Å². The Kier molecular flexibility index (Phi) is 25.8. The van der Waals surface area contributed by atoms with E-state index >= 15 is 0 Å². The molecule has 0 spiro atoms. The summed E-state index contributed by atoms with van der Waals surface area (Å²) in [6.07, 6.45) is 33.2. The van der Waals surface area contributed by atoms with E-state index in [4.69, 9.17) is 4.74 Å². The van der Waals surface area contributed by atoms with Crippen LogP contribution in [0.1, 0.15) is 180 Å². The lowest BCUT2D eigenvalue weighted by Gasteiger charge is -2.11. The summed E-state index contributed by atoms with van der Waals surface area (Å²) in [6, 6.07) is 10.5. The van der Waals surface area contributed by atoms with Crippen LogP contribution < -0.4 is 0 Å². The minimum atomic E-state index is 0.267. The minimum Gasteiger partial charge on any atom is -0.377 e. The van der Waals surface area contributed by atoms with E-state index in [1.54, 1.807) is 6.92 Å². The topological polar surface area (TPSA) is 26.3 Å². The third kappa shape index (κ3) is 24.6. The van der Waals surface area contributed by atoms with Gasteiger partial charge >= 0.3 is 0 Å². The monoisotopic (exact) mass is 557 g/mol. The molecule has 1 rings (SSSR count). The zero-order valence-corrected chi connectivity index (χ0v) is 27.2. The minimum absolute atomic E-state index is 0.267. The van der Waals surface area contributed by atoms with E-state index in [1.165, 1.54) is 153 Å². The van der Waals surface area contributed by atoms with Crippen LogP contribution in [0.3, 0.4) is 0 Å². The van der Waals surface area contributed by atoms with Gasteiger partial charge in [0, 0.05) is 12.5 Å². The lowest BCUT2D eigenvalue weighted by Crippen LogP contribution is -2.05. The smallest absolute Gasteiger partial charge is 0.132 e. The highest BCUT2D eigenvalue weighted by atomic mass is 16.5. The van der Waals surface area contributed by atoms with Gasteiger partial charge in [-0.3, -0.25) is 4.79 Å². The summed E-state index contributed by atoms with van der Waals surface area (Å²) in [5, 5.41) is 0. The van der Waals surface area contributed by atoms with Crippen LogP contribution in [0.5, 0.6) is 0 Å². The van der Waals surface area contributed by atoms with Gasteiger partial charge in [0.15, 0.2) is 0 Å². The third-order valence-corrected chi connectivity index (χ3v) is 8.88. The predicted molar refractivity (Wildman–Crippen MR) is 176 cm³/mol. The van der Waals surface area contributed by atoms with E-state index in [0.29, 0.717) is 5.78 Å². The van der Waals surface area contributed by atoms with Crippen molar-refractivity contribution in [2.45, 2.75) is 181 Å². The number of hydrogen-bond donors (Lipinski definition) is 0. The van der Waals surface area contributed by atoms with Crippen LogP contribution in [0, 0.1) is 11.8 Å². The number of Topliss-reactive ketones (excluding diaryl/α,β-unsaturated/α-hetero) is 1. The molecule has 0 heterocycles. The Morgan fingerprint density at radius 2 is 0.925 bits per heavy atom. The number of unbranched alkanes of at least 4 members (excludes halogenated alkanes) is 19. The molecular formula is C38H68O2. The SMILES string of the molecule is CC(=O)[C@@H](C)CCCCCCC[C@@H](C)CCCCCCCCCCCCCCCCCCOCc1ccccc1. The molecule has 2 nitrogen and oxygen atoms in total. The molecule has 0 unspecified atom stereocenters. The van der Waals surface area contributed by atoms with Gasteiger partial charge in [0.1, 0.15) is 5.78 Å². The van der Waals surface area contributed by atoms with Gasteiger partial charge in [0.2, 0.25) is 0 Å². The molecule has 0 aliphatic heterocycles. The van der Waals surface area contributed by atoms with Crippen molar-refractivity contribution in [3.63, 3.8) is 0 Å². The summed E-state index contributed by atoms with van der Waals surface area (Å²) in [6.45, 7) is 7.92. The fraction of sp³-hybridized carbons (Fsp3) is 0.816. The molecule has 0 aliphatic rings. The summed E-state index contributed by atoms with van der Waals surface area (Å²) in [7, 11) is 0. The summed E-state index contributed by atoms with van der Waals surface area (Å²) in [5.74, 6) is 1.52. The Morgan fingerprint density at radius 3 is 1.35 bits per heavy atom. The molecule has 0 saturated carbocycles. The fourth-order valence-corrected chi connectivity index (χ4v) is 5.76. The highest BCUT2D eigenvalue weighted by molar-refractivity contribution is 5.77. The average Bonchev–Trinajstić information content (AvgIpc) is 2.96. The Hall–Kier alpha value is -1.15. The number of hydrogen-bond acceptors (Lipinski definition) is 2. The first kappa shape index (κ1) is 36.9. The second kappa shape index (κ2) is 28.0. The molecule has 40 heavy (non-hydrogen) atoms. The van der Waals surface area contributed by atoms with E-state index in [9.17, 15) is 4.79 Å². The first-order chi connectivity index (χ1) is 19.6. The Balaban J connectivity index is 1.69. The van der Waals surface area contributed by atoms with Crippen LogP contribution in [-0.4, -0.2) is 12.4 Å². The second-order valence-electron chi connectivity index (χ2n) is 12.9. The van der Waals surface area contributed by atoms with E-state index < -0.39 is 0 Å². The highest BCUT2D eigenvalue weighted by Crippen LogP contribution is 2.20. The van der Waals surface area contributed by atoms with Crippen molar-refractivity contribution in [2.24, 2.45) is 11.8 Å². The zero-order chi connectivity index (χ0) is 28.9. The Labute approximate surface area is 250 Å². The van der Waals surface area contributed by atoms with Crippen LogP contribution in [0.15, 0.2) is 30.3 Å². The van der Waals surface area contributed by atoms with Crippen molar-refractivity contribution in [2.75, 3.05) is 6.61 Å². The summed E-state index contributed by atoms with van der Waals surface area (Å²) in [5.41, 5.74) is 1.28. The maximum Gasteiger partial charge on any atom is 0.132 e. The van der Waals surface area contributed by atoms with Gasteiger partial charge in [0.25, 0.3) is 0 Å². The summed E-state index contributed by atoms with van der Waals surface area (Å²) in [4.78, 5) is 11.3. The van der Waals surface area contributed by atoms with Gasteiger partial charge in [-0.25, -0.2) is 0 Å². The largest absolute Gasteiger partial charge is 0.377 e. The normalized spacial score (nSPS) is 13.0. The fourth-order valence-electron chi connectivity index (χ4n) is 5.76. The van der Waals surface area contributed by atoms with Crippen LogP contribution in [0.2, 0.25) is 0 Å². The molecule has 0 fully saturated rings. The molecular weight excluding hydrogens is 488 g/mol. The van der Waals surface area contributed by atoms with Gasteiger partial charge < -0.3 is 4.74 Å². The first-order valence-electron chi connectivity index (χ1n) is 17.7. The molecule has 0 aromatic heterocycles.